The van der Waals surface area contributed by atoms with Crippen molar-refractivity contribution < 1.29 is 4.79 Å². The van der Waals surface area contributed by atoms with Gasteiger partial charge in [-0.1, -0.05) is 13.8 Å². The van der Waals surface area contributed by atoms with E-state index in [4.69, 9.17) is 0 Å². The SMILES string of the molecule is C/C(CC(C)C)=N/NC(=O)Cn1cnc2c(=O)n(C)c(=O)n(C)c21. The lowest BCUT2D eigenvalue weighted by Gasteiger charge is -2.08. The van der Waals surface area contributed by atoms with Crippen LogP contribution in [-0.4, -0.2) is 30.3 Å². The second-order valence-corrected chi connectivity index (χ2v) is 6.23. The van der Waals surface area contributed by atoms with E-state index in [1.807, 2.05) is 6.92 Å². The summed E-state index contributed by atoms with van der Waals surface area (Å²) in [6.45, 7) is 5.90. The smallest absolute Gasteiger partial charge is 0.307 e. The van der Waals surface area contributed by atoms with Crippen molar-refractivity contribution in [3.8, 4) is 0 Å². The normalized spacial score (nSPS) is 12.2. The zero-order chi connectivity index (χ0) is 18.0. The molecule has 2 aromatic rings. The topological polar surface area (TPSA) is 103 Å². The molecule has 9 heteroatoms. The number of aromatic nitrogens is 4. The first-order valence-electron chi connectivity index (χ1n) is 7.65. The summed E-state index contributed by atoms with van der Waals surface area (Å²) in [5, 5.41) is 4.05. The van der Waals surface area contributed by atoms with E-state index in [9.17, 15) is 14.4 Å². The van der Waals surface area contributed by atoms with Crippen LogP contribution >= 0.6 is 0 Å². The van der Waals surface area contributed by atoms with E-state index in [0.29, 0.717) is 11.6 Å². The van der Waals surface area contributed by atoms with Crippen molar-refractivity contribution in [1.82, 2.24) is 24.1 Å². The number of carbonyl (C=O) groups is 1. The average Bonchev–Trinajstić information content (AvgIpc) is 2.92. The predicted octanol–water partition coefficient (Wildman–Crippen LogP) is -0.0281. The number of hydrogen-bond acceptors (Lipinski definition) is 5. The number of aryl methyl sites for hydroxylation is 1. The number of nitrogens with zero attached hydrogens (tertiary/aromatic N) is 5. The van der Waals surface area contributed by atoms with Gasteiger partial charge in [-0.05, 0) is 19.3 Å². The molecule has 2 heterocycles. The van der Waals surface area contributed by atoms with Gasteiger partial charge in [-0.25, -0.2) is 15.2 Å². The van der Waals surface area contributed by atoms with Gasteiger partial charge in [0.1, 0.15) is 12.2 Å². The van der Waals surface area contributed by atoms with Crippen LogP contribution in [0.15, 0.2) is 21.0 Å². The number of amides is 1. The van der Waals surface area contributed by atoms with Crippen molar-refractivity contribution in [3.05, 3.63) is 27.2 Å². The molecule has 0 saturated carbocycles. The molecule has 0 aliphatic heterocycles. The summed E-state index contributed by atoms with van der Waals surface area (Å²) in [4.78, 5) is 40.2. The van der Waals surface area contributed by atoms with Gasteiger partial charge in [0, 0.05) is 19.8 Å². The highest BCUT2D eigenvalue weighted by Crippen LogP contribution is 2.05. The first kappa shape index (κ1) is 17.6. The number of fused-ring (bicyclic) bond motifs is 1. The second-order valence-electron chi connectivity index (χ2n) is 6.23. The van der Waals surface area contributed by atoms with Crippen molar-refractivity contribution in [2.24, 2.45) is 25.1 Å². The maximum Gasteiger partial charge on any atom is 0.332 e. The van der Waals surface area contributed by atoms with Gasteiger partial charge in [-0.3, -0.25) is 18.7 Å². The minimum absolute atomic E-state index is 0.0879. The minimum atomic E-state index is -0.488. The summed E-state index contributed by atoms with van der Waals surface area (Å²) >= 11 is 0. The maximum atomic E-state index is 12.1. The number of carbonyl (C=O) groups excluding carboxylic acids is 1. The van der Waals surface area contributed by atoms with E-state index < -0.39 is 11.2 Å². The third-order valence-electron chi connectivity index (χ3n) is 3.60. The van der Waals surface area contributed by atoms with Gasteiger partial charge in [0.2, 0.25) is 0 Å². The van der Waals surface area contributed by atoms with Gasteiger partial charge < -0.3 is 4.57 Å². The van der Waals surface area contributed by atoms with E-state index in [0.717, 1.165) is 16.7 Å². The molecule has 2 rings (SSSR count). The van der Waals surface area contributed by atoms with Crippen molar-refractivity contribution in [2.45, 2.75) is 33.7 Å². The van der Waals surface area contributed by atoms with Crippen molar-refractivity contribution in [3.63, 3.8) is 0 Å². The minimum Gasteiger partial charge on any atom is -0.307 e. The third-order valence-corrected chi connectivity index (χ3v) is 3.60. The molecule has 1 amide bonds. The van der Waals surface area contributed by atoms with E-state index in [1.54, 1.807) is 0 Å². The lowest BCUT2D eigenvalue weighted by atomic mass is 10.1. The highest BCUT2D eigenvalue weighted by molar-refractivity contribution is 5.84. The molecule has 0 aliphatic rings. The van der Waals surface area contributed by atoms with E-state index in [1.165, 1.54) is 29.6 Å². The number of rotatable bonds is 5. The van der Waals surface area contributed by atoms with Crippen LogP contribution in [0.25, 0.3) is 11.2 Å². The van der Waals surface area contributed by atoms with Crippen LogP contribution in [0.3, 0.4) is 0 Å². The highest BCUT2D eigenvalue weighted by Gasteiger charge is 2.15. The fourth-order valence-electron chi connectivity index (χ4n) is 2.54. The molecule has 0 unspecified atom stereocenters. The monoisotopic (exact) mass is 334 g/mol. The van der Waals surface area contributed by atoms with E-state index in [-0.39, 0.29) is 18.0 Å². The lowest BCUT2D eigenvalue weighted by molar-refractivity contribution is -0.121. The van der Waals surface area contributed by atoms with Gasteiger partial charge in [0.05, 0.1) is 6.33 Å². The Morgan fingerprint density at radius 2 is 1.96 bits per heavy atom. The summed E-state index contributed by atoms with van der Waals surface area (Å²) in [6.07, 6.45) is 2.16. The first-order valence-corrected chi connectivity index (χ1v) is 7.65. The number of hydrazone groups is 1. The molecule has 0 fully saturated rings. The standard InChI is InChI=1S/C15H22N6O3/c1-9(2)6-10(3)17-18-11(22)7-21-8-16-12-13(21)19(4)15(24)20(5)14(12)23/h8-9H,6-7H2,1-5H3,(H,18,22)/b17-10-. The Labute approximate surface area is 138 Å². The number of nitrogens with one attached hydrogen (secondary N) is 1. The van der Waals surface area contributed by atoms with Gasteiger partial charge >= 0.3 is 5.69 Å². The van der Waals surface area contributed by atoms with Crippen molar-refractivity contribution >= 4 is 22.8 Å². The molecule has 0 aliphatic carbocycles. The quantitative estimate of drug-likeness (QED) is 0.612. The fourth-order valence-corrected chi connectivity index (χ4v) is 2.54. The Morgan fingerprint density at radius 3 is 2.58 bits per heavy atom. The van der Waals surface area contributed by atoms with Gasteiger partial charge in [-0.2, -0.15) is 5.10 Å². The molecule has 1 N–H and O–H groups in total. The van der Waals surface area contributed by atoms with E-state index in [2.05, 4.69) is 29.4 Å². The molecular weight excluding hydrogens is 312 g/mol. The Hall–Kier alpha value is -2.71. The van der Waals surface area contributed by atoms with Crippen LogP contribution in [0.4, 0.5) is 0 Å². The molecular formula is C15H22N6O3. The predicted molar refractivity (Wildman–Crippen MR) is 90.9 cm³/mol. The Kier molecular flexibility index (Phi) is 5.01. The van der Waals surface area contributed by atoms with Crippen LogP contribution in [0.1, 0.15) is 27.2 Å². The second kappa shape index (κ2) is 6.81. The largest absolute Gasteiger partial charge is 0.332 e. The van der Waals surface area contributed by atoms with Crippen LogP contribution in [0.2, 0.25) is 0 Å². The molecule has 2 aromatic heterocycles. The summed E-state index contributed by atoms with van der Waals surface area (Å²) in [6, 6.07) is 0. The molecule has 24 heavy (non-hydrogen) atoms. The molecule has 0 bridgehead atoms. The molecule has 9 nitrogen and oxygen atoms in total. The van der Waals surface area contributed by atoms with Crippen LogP contribution in [-0.2, 0) is 25.4 Å². The van der Waals surface area contributed by atoms with Crippen LogP contribution < -0.4 is 16.7 Å². The maximum absolute atomic E-state index is 12.1. The van der Waals surface area contributed by atoms with Gasteiger partial charge in [0.15, 0.2) is 5.52 Å². The third kappa shape index (κ3) is 3.44. The zero-order valence-electron chi connectivity index (χ0n) is 14.5. The summed E-state index contributed by atoms with van der Waals surface area (Å²) in [5.41, 5.74) is 2.80. The summed E-state index contributed by atoms with van der Waals surface area (Å²) in [7, 11) is 2.92. The number of hydrogen-bond donors (Lipinski definition) is 1. The Morgan fingerprint density at radius 1 is 1.29 bits per heavy atom. The van der Waals surface area contributed by atoms with Crippen molar-refractivity contribution in [1.29, 1.82) is 0 Å². The molecule has 0 radical (unpaired) electrons. The molecule has 0 saturated heterocycles. The molecule has 130 valence electrons. The molecule has 0 aromatic carbocycles. The van der Waals surface area contributed by atoms with Gasteiger partial charge in [0.25, 0.3) is 11.5 Å². The zero-order valence-corrected chi connectivity index (χ0v) is 14.5. The number of imidazole rings is 1. The first-order chi connectivity index (χ1) is 11.2. The highest BCUT2D eigenvalue weighted by atomic mass is 16.2. The fraction of sp³-hybridized carbons (Fsp3) is 0.533. The van der Waals surface area contributed by atoms with Gasteiger partial charge in [-0.15, -0.1) is 0 Å². The Balaban J connectivity index is 2.27. The van der Waals surface area contributed by atoms with E-state index >= 15 is 0 Å². The van der Waals surface area contributed by atoms with Crippen molar-refractivity contribution in [2.75, 3.05) is 0 Å². The summed E-state index contributed by atoms with van der Waals surface area (Å²) in [5.74, 6) is 0.0968. The lowest BCUT2D eigenvalue weighted by Crippen LogP contribution is -2.37. The Bertz CT molecular complexity index is 916. The van der Waals surface area contributed by atoms with Crippen LogP contribution in [0, 0.1) is 5.92 Å². The average molecular weight is 334 g/mol. The summed E-state index contributed by atoms with van der Waals surface area (Å²) < 4.78 is 3.74. The van der Waals surface area contributed by atoms with Crippen LogP contribution in [0.5, 0.6) is 0 Å². The molecule has 0 spiro atoms. The molecule has 0 atom stereocenters.